The number of carbonyl (C=O) groups is 1. The number of rotatable bonds is 3. The van der Waals surface area contributed by atoms with E-state index >= 15 is 0 Å². The fourth-order valence-corrected chi connectivity index (χ4v) is 5.13. The van der Waals surface area contributed by atoms with Crippen LogP contribution in [-0.2, 0) is 16.1 Å². The molecule has 1 saturated heterocycles. The Morgan fingerprint density at radius 3 is 2.82 bits per heavy atom. The predicted molar refractivity (Wildman–Crippen MR) is 85.1 cm³/mol. The number of fused-ring (bicyclic) bond motifs is 2. The Morgan fingerprint density at radius 2 is 2.14 bits per heavy atom. The zero-order valence-corrected chi connectivity index (χ0v) is 13.1. The predicted octanol–water partition coefficient (Wildman–Crippen LogP) is 3.15. The molecule has 1 spiro atoms. The van der Waals surface area contributed by atoms with E-state index in [4.69, 9.17) is 4.74 Å². The van der Waals surface area contributed by atoms with E-state index in [9.17, 15) is 4.79 Å². The molecule has 1 aliphatic heterocycles. The topological polar surface area (TPSA) is 38.3 Å². The maximum atomic E-state index is 12.5. The zero-order valence-electron chi connectivity index (χ0n) is 13.1. The SMILES string of the molecule is O=C(OCc1ccccc1)C1CC2CCC1CC21CCNC1. The third kappa shape index (κ3) is 2.45. The fourth-order valence-electron chi connectivity index (χ4n) is 5.13. The van der Waals surface area contributed by atoms with Gasteiger partial charge in [0.15, 0.2) is 0 Å². The molecule has 3 saturated carbocycles. The van der Waals surface area contributed by atoms with Crippen LogP contribution in [0.4, 0.5) is 0 Å². The summed E-state index contributed by atoms with van der Waals surface area (Å²) in [6.07, 6.45) is 6.13. The van der Waals surface area contributed by atoms with E-state index in [1.807, 2.05) is 30.3 Å². The van der Waals surface area contributed by atoms with Crippen molar-refractivity contribution in [2.24, 2.45) is 23.2 Å². The van der Waals surface area contributed by atoms with Crippen molar-refractivity contribution >= 4 is 5.97 Å². The van der Waals surface area contributed by atoms with Crippen LogP contribution in [0.15, 0.2) is 30.3 Å². The molecule has 4 unspecified atom stereocenters. The molecule has 4 atom stereocenters. The number of hydrogen-bond acceptors (Lipinski definition) is 3. The van der Waals surface area contributed by atoms with Crippen LogP contribution in [0.2, 0.25) is 0 Å². The Hall–Kier alpha value is -1.35. The van der Waals surface area contributed by atoms with E-state index in [0.717, 1.165) is 24.4 Å². The highest BCUT2D eigenvalue weighted by Gasteiger charge is 2.53. The van der Waals surface area contributed by atoms with Gasteiger partial charge in [-0.15, -0.1) is 0 Å². The van der Waals surface area contributed by atoms with Crippen molar-refractivity contribution in [3.63, 3.8) is 0 Å². The molecular weight excluding hydrogens is 274 g/mol. The van der Waals surface area contributed by atoms with E-state index in [1.165, 1.54) is 32.2 Å². The van der Waals surface area contributed by atoms with Gasteiger partial charge in [0.05, 0.1) is 5.92 Å². The van der Waals surface area contributed by atoms with Crippen LogP contribution < -0.4 is 5.32 Å². The summed E-state index contributed by atoms with van der Waals surface area (Å²) in [6.45, 7) is 2.74. The minimum absolute atomic E-state index is 0.0411. The average molecular weight is 299 g/mol. The molecule has 2 bridgehead atoms. The van der Waals surface area contributed by atoms with Gasteiger partial charge in [-0.1, -0.05) is 30.3 Å². The molecule has 118 valence electrons. The van der Waals surface area contributed by atoms with Crippen molar-refractivity contribution in [2.75, 3.05) is 13.1 Å². The lowest BCUT2D eigenvalue weighted by atomic mass is 9.52. The molecule has 4 aliphatic rings. The van der Waals surface area contributed by atoms with Gasteiger partial charge in [-0.05, 0) is 61.5 Å². The molecule has 3 nitrogen and oxygen atoms in total. The number of esters is 1. The Bertz CT molecular complexity index is 536. The molecule has 1 aromatic rings. The van der Waals surface area contributed by atoms with Crippen LogP contribution in [-0.4, -0.2) is 19.1 Å². The van der Waals surface area contributed by atoms with Gasteiger partial charge in [0, 0.05) is 6.54 Å². The summed E-state index contributed by atoms with van der Waals surface area (Å²) in [4.78, 5) is 12.5. The molecule has 4 fully saturated rings. The first-order valence-corrected chi connectivity index (χ1v) is 8.68. The highest BCUT2D eigenvalue weighted by Crippen LogP contribution is 2.57. The average Bonchev–Trinajstić information content (AvgIpc) is 3.02. The van der Waals surface area contributed by atoms with Gasteiger partial charge in [0.25, 0.3) is 0 Å². The molecule has 5 rings (SSSR count). The van der Waals surface area contributed by atoms with E-state index < -0.39 is 0 Å². The van der Waals surface area contributed by atoms with Crippen LogP contribution >= 0.6 is 0 Å². The highest BCUT2D eigenvalue weighted by molar-refractivity contribution is 5.73. The molecule has 3 aliphatic carbocycles. The van der Waals surface area contributed by atoms with Crippen LogP contribution in [0.1, 0.15) is 37.7 Å². The first-order chi connectivity index (χ1) is 10.8. The van der Waals surface area contributed by atoms with E-state index in [-0.39, 0.29) is 11.9 Å². The van der Waals surface area contributed by atoms with Gasteiger partial charge in [0.1, 0.15) is 6.61 Å². The monoisotopic (exact) mass is 299 g/mol. The third-order valence-corrected chi connectivity index (χ3v) is 6.33. The molecule has 1 aromatic carbocycles. The molecule has 3 heteroatoms. The van der Waals surface area contributed by atoms with E-state index in [2.05, 4.69) is 5.32 Å². The van der Waals surface area contributed by atoms with Crippen LogP contribution in [0.25, 0.3) is 0 Å². The maximum absolute atomic E-state index is 12.5. The Kier molecular flexibility index (Phi) is 3.69. The van der Waals surface area contributed by atoms with Crippen molar-refractivity contribution in [2.45, 2.75) is 38.7 Å². The first kappa shape index (κ1) is 14.3. The van der Waals surface area contributed by atoms with Crippen molar-refractivity contribution in [1.29, 1.82) is 0 Å². The summed E-state index contributed by atoms with van der Waals surface area (Å²) in [5.74, 6) is 1.46. The van der Waals surface area contributed by atoms with Gasteiger partial charge >= 0.3 is 5.97 Å². The minimum Gasteiger partial charge on any atom is -0.461 e. The second-order valence-corrected chi connectivity index (χ2v) is 7.46. The number of benzene rings is 1. The molecule has 1 heterocycles. The van der Waals surface area contributed by atoms with Crippen molar-refractivity contribution in [3.05, 3.63) is 35.9 Å². The van der Waals surface area contributed by atoms with Gasteiger partial charge in [0.2, 0.25) is 0 Å². The molecule has 0 amide bonds. The standard InChI is InChI=1S/C19H25NO2/c21-18(22-12-14-4-2-1-3-5-14)17-10-16-7-6-15(17)11-19(16)8-9-20-13-19/h1-5,15-17,20H,6-13H2. The zero-order chi connectivity index (χ0) is 15.0. The summed E-state index contributed by atoms with van der Waals surface area (Å²) >= 11 is 0. The second-order valence-electron chi connectivity index (χ2n) is 7.46. The van der Waals surface area contributed by atoms with Crippen molar-refractivity contribution in [1.82, 2.24) is 5.32 Å². The number of ether oxygens (including phenoxy) is 1. The smallest absolute Gasteiger partial charge is 0.309 e. The minimum atomic E-state index is 0.0411. The number of hydrogen-bond donors (Lipinski definition) is 1. The normalized spacial score (nSPS) is 36.6. The van der Waals surface area contributed by atoms with Crippen LogP contribution in [0, 0.1) is 23.2 Å². The Morgan fingerprint density at radius 1 is 1.27 bits per heavy atom. The summed E-state index contributed by atoms with van der Waals surface area (Å²) in [6, 6.07) is 9.99. The Balaban J connectivity index is 1.39. The lowest BCUT2D eigenvalue weighted by Crippen LogP contribution is -2.49. The molecular formula is C19H25NO2. The highest BCUT2D eigenvalue weighted by atomic mass is 16.5. The molecule has 22 heavy (non-hydrogen) atoms. The molecule has 0 radical (unpaired) electrons. The number of carbonyl (C=O) groups excluding carboxylic acids is 1. The van der Waals surface area contributed by atoms with Crippen molar-refractivity contribution in [3.8, 4) is 0 Å². The first-order valence-electron chi connectivity index (χ1n) is 8.68. The summed E-state index contributed by atoms with van der Waals surface area (Å²) in [5.41, 5.74) is 1.58. The second kappa shape index (κ2) is 5.69. The lowest BCUT2D eigenvalue weighted by molar-refractivity contribution is -0.160. The number of nitrogens with one attached hydrogen (secondary N) is 1. The van der Waals surface area contributed by atoms with E-state index in [1.54, 1.807) is 0 Å². The Labute approximate surface area is 132 Å². The fraction of sp³-hybridized carbons (Fsp3) is 0.632. The molecule has 1 N–H and O–H groups in total. The third-order valence-electron chi connectivity index (χ3n) is 6.33. The van der Waals surface area contributed by atoms with E-state index in [0.29, 0.717) is 17.9 Å². The summed E-state index contributed by atoms with van der Waals surface area (Å²) < 4.78 is 5.62. The quantitative estimate of drug-likeness (QED) is 0.871. The largest absolute Gasteiger partial charge is 0.461 e. The molecule has 0 aromatic heterocycles. The van der Waals surface area contributed by atoms with Gasteiger partial charge < -0.3 is 10.1 Å². The van der Waals surface area contributed by atoms with Gasteiger partial charge in [-0.2, -0.15) is 0 Å². The summed E-state index contributed by atoms with van der Waals surface area (Å²) in [7, 11) is 0. The maximum Gasteiger partial charge on any atom is 0.309 e. The van der Waals surface area contributed by atoms with Crippen LogP contribution in [0.3, 0.4) is 0 Å². The van der Waals surface area contributed by atoms with Crippen molar-refractivity contribution < 1.29 is 9.53 Å². The van der Waals surface area contributed by atoms with Crippen LogP contribution in [0.5, 0.6) is 0 Å². The lowest BCUT2D eigenvalue weighted by Gasteiger charge is -2.52. The van der Waals surface area contributed by atoms with Gasteiger partial charge in [-0.3, -0.25) is 4.79 Å². The summed E-state index contributed by atoms with van der Waals surface area (Å²) in [5, 5.41) is 3.54. The van der Waals surface area contributed by atoms with Gasteiger partial charge in [-0.25, -0.2) is 0 Å².